The Hall–Kier alpha value is -0.670. The van der Waals surface area contributed by atoms with Crippen LogP contribution in [-0.2, 0) is 10.8 Å². The van der Waals surface area contributed by atoms with Gasteiger partial charge in [-0.1, -0.05) is 17.7 Å². The van der Waals surface area contributed by atoms with Crippen molar-refractivity contribution in [1.29, 1.82) is 0 Å². The van der Waals surface area contributed by atoms with Gasteiger partial charge in [0, 0.05) is 16.7 Å². The topological polar surface area (TPSA) is 20.3 Å². The van der Waals surface area contributed by atoms with Crippen LogP contribution in [0, 0.1) is 6.92 Å². The fourth-order valence-corrected chi connectivity index (χ4v) is 2.79. The molecule has 0 N–H and O–H groups in total. The summed E-state index contributed by atoms with van der Waals surface area (Å²) in [5.41, 5.74) is 1.20. The smallest absolute Gasteiger partial charge is 0.0570 e. The number of hydrogen-bond acceptors (Lipinski definition) is 2. The SMILES string of the molecule is Cc1ccc(S(=O)C(C)CN(C)C)cc1. The van der Waals surface area contributed by atoms with E-state index in [1.807, 2.05) is 52.2 Å². The van der Waals surface area contributed by atoms with Crippen molar-refractivity contribution in [3.8, 4) is 0 Å². The van der Waals surface area contributed by atoms with Crippen LogP contribution in [0.4, 0.5) is 0 Å². The van der Waals surface area contributed by atoms with Crippen LogP contribution in [0.15, 0.2) is 29.2 Å². The first kappa shape index (κ1) is 12.4. The van der Waals surface area contributed by atoms with Crippen molar-refractivity contribution in [3.05, 3.63) is 29.8 Å². The second kappa shape index (κ2) is 5.42. The molecule has 15 heavy (non-hydrogen) atoms. The third-order valence-electron chi connectivity index (χ3n) is 2.24. The van der Waals surface area contributed by atoms with Crippen LogP contribution in [0.2, 0.25) is 0 Å². The van der Waals surface area contributed by atoms with Gasteiger partial charge in [0.2, 0.25) is 0 Å². The van der Waals surface area contributed by atoms with Gasteiger partial charge < -0.3 is 4.90 Å². The normalized spacial score (nSPS) is 15.3. The molecule has 1 rings (SSSR count). The fraction of sp³-hybridized carbons (Fsp3) is 0.500. The highest BCUT2D eigenvalue weighted by Crippen LogP contribution is 2.12. The van der Waals surface area contributed by atoms with Crippen molar-refractivity contribution in [2.45, 2.75) is 24.0 Å². The lowest BCUT2D eigenvalue weighted by Gasteiger charge is -2.16. The molecule has 0 aliphatic carbocycles. The molecule has 0 aliphatic heterocycles. The van der Waals surface area contributed by atoms with Gasteiger partial charge in [0.25, 0.3) is 0 Å². The van der Waals surface area contributed by atoms with Gasteiger partial charge in [-0.25, -0.2) is 0 Å². The van der Waals surface area contributed by atoms with Gasteiger partial charge in [0.1, 0.15) is 0 Å². The summed E-state index contributed by atoms with van der Waals surface area (Å²) in [7, 11) is 3.11. The quantitative estimate of drug-likeness (QED) is 0.781. The first-order chi connectivity index (χ1) is 7.00. The summed E-state index contributed by atoms with van der Waals surface area (Å²) in [5.74, 6) is 0. The molecule has 2 unspecified atom stereocenters. The lowest BCUT2D eigenvalue weighted by Crippen LogP contribution is -2.27. The number of rotatable bonds is 4. The van der Waals surface area contributed by atoms with E-state index in [1.54, 1.807) is 0 Å². The molecule has 0 aromatic heterocycles. The molecule has 0 amide bonds. The molecule has 0 saturated carbocycles. The van der Waals surface area contributed by atoms with Gasteiger partial charge in [0.05, 0.1) is 10.8 Å². The van der Waals surface area contributed by atoms with Crippen LogP contribution in [0.3, 0.4) is 0 Å². The van der Waals surface area contributed by atoms with Crippen LogP contribution >= 0.6 is 0 Å². The van der Waals surface area contributed by atoms with E-state index in [4.69, 9.17) is 0 Å². The predicted octanol–water partition coefficient (Wildman–Crippen LogP) is 2.05. The van der Waals surface area contributed by atoms with Crippen LogP contribution < -0.4 is 0 Å². The zero-order chi connectivity index (χ0) is 11.4. The molecule has 1 aromatic carbocycles. The zero-order valence-electron chi connectivity index (χ0n) is 9.86. The Morgan fingerprint density at radius 1 is 1.27 bits per heavy atom. The highest BCUT2D eigenvalue weighted by atomic mass is 32.2. The minimum absolute atomic E-state index is 0.169. The summed E-state index contributed by atoms with van der Waals surface area (Å²) in [5, 5.41) is 0.169. The molecule has 2 nitrogen and oxygen atoms in total. The summed E-state index contributed by atoms with van der Waals surface area (Å²) in [4.78, 5) is 2.99. The first-order valence-electron chi connectivity index (χ1n) is 5.12. The number of benzene rings is 1. The number of aryl methyl sites for hydroxylation is 1. The van der Waals surface area contributed by atoms with Crippen LogP contribution in [0.25, 0.3) is 0 Å². The zero-order valence-corrected chi connectivity index (χ0v) is 10.7. The number of nitrogens with zero attached hydrogens (tertiary/aromatic N) is 1. The van der Waals surface area contributed by atoms with E-state index in [2.05, 4.69) is 4.90 Å². The predicted molar refractivity (Wildman–Crippen MR) is 65.6 cm³/mol. The largest absolute Gasteiger partial charge is 0.308 e. The standard InChI is InChI=1S/C12H19NOS/c1-10-5-7-12(8-6-10)15(14)11(2)9-13(3)4/h5-8,11H,9H2,1-4H3. The Bertz CT molecular complexity index is 332. The summed E-state index contributed by atoms with van der Waals surface area (Å²) >= 11 is 0. The van der Waals surface area contributed by atoms with Gasteiger partial charge in [-0.3, -0.25) is 4.21 Å². The lowest BCUT2D eigenvalue weighted by molar-refractivity contribution is 0.410. The fourth-order valence-electron chi connectivity index (χ4n) is 1.49. The highest BCUT2D eigenvalue weighted by Gasteiger charge is 2.13. The third-order valence-corrected chi connectivity index (χ3v) is 3.86. The van der Waals surface area contributed by atoms with Gasteiger partial charge >= 0.3 is 0 Å². The average molecular weight is 225 g/mol. The van der Waals surface area contributed by atoms with Crippen LogP contribution in [0.5, 0.6) is 0 Å². The van der Waals surface area contributed by atoms with Crippen molar-refractivity contribution in [2.24, 2.45) is 0 Å². The molecular formula is C12H19NOS. The molecule has 0 spiro atoms. The number of hydrogen-bond donors (Lipinski definition) is 0. The molecule has 84 valence electrons. The Labute approximate surface area is 94.8 Å². The van der Waals surface area contributed by atoms with Crippen LogP contribution in [-0.4, -0.2) is 35.0 Å². The molecule has 0 radical (unpaired) electrons. The Kier molecular flexibility index (Phi) is 4.48. The summed E-state index contributed by atoms with van der Waals surface area (Å²) in [6.45, 7) is 4.91. The van der Waals surface area contributed by atoms with Gasteiger partial charge in [-0.05, 0) is 40.1 Å². The van der Waals surface area contributed by atoms with Crippen molar-refractivity contribution in [1.82, 2.24) is 4.90 Å². The second-order valence-electron chi connectivity index (χ2n) is 4.18. The summed E-state index contributed by atoms with van der Waals surface area (Å²) in [6.07, 6.45) is 0. The van der Waals surface area contributed by atoms with Crippen molar-refractivity contribution < 1.29 is 4.21 Å². The van der Waals surface area contributed by atoms with Gasteiger partial charge in [0.15, 0.2) is 0 Å². The minimum atomic E-state index is -0.899. The van der Waals surface area contributed by atoms with Gasteiger partial charge in [-0.2, -0.15) is 0 Å². The Morgan fingerprint density at radius 3 is 2.27 bits per heavy atom. The highest BCUT2D eigenvalue weighted by molar-refractivity contribution is 7.85. The molecule has 0 bridgehead atoms. The first-order valence-corrected chi connectivity index (χ1v) is 6.34. The van der Waals surface area contributed by atoms with E-state index in [9.17, 15) is 4.21 Å². The Balaban J connectivity index is 2.72. The molecule has 2 atom stereocenters. The van der Waals surface area contributed by atoms with E-state index in [1.165, 1.54) is 5.56 Å². The summed E-state index contributed by atoms with van der Waals surface area (Å²) < 4.78 is 12.1. The molecule has 0 fully saturated rings. The monoisotopic (exact) mass is 225 g/mol. The molecule has 1 aromatic rings. The molecule has 0 saturated heterocycles. The molecular weight excluding hydrogens is 206 g/mol. The maximum atomic E-state index is 12.1. The van der Waals surface area contributed by atoms with Crippen molar-refractivity contribution >= 4 is 10.8 Å². The van der Waals surface area contributed by atoms with Crippen molar-refractivity contribution in [3.63, 3.8) is 0 Å². The van der Waals surface area contributed by atoms with E-state index in [0.717, 1.165) is 11.4 Å². The molecule has 0 heterocycles. The van der Waals surface area contributed by atoms with E-state index >= 15 is 0 Å². The van der Waals surface area contributed by atoms with E-state index in [-0.39, 0.29) is 5.25 Å². The maximum absolute atomic E-state index is 12.1. The maximum Gasteiger partial charge on any atom is 0.0570 e. The van der Waals surface area contributed by atoms with E-state index in [0.29, 0.717) is 0 Å². The summed E-state index contributed by atoms with van der Waals surface area (Å²) in [6, 6.07) is 7.93. The van der Waals surface area contributed by atoms with E-state index < -0.39 is 10.8 Å². The minimum Gasteiger partial charge on any atom is -0.308 e. The molecule has 0 aliphatic rings. The molecule has 3 heteroatoms. The third kappa shape index (κ3) is 3.76. The van der Waals surface area contributed by atoms with Crippen LogP contribution in [0.1, 0.15) is 12.5 Å². The Morgan fingerprint density at radius 2 is 1.80 bits per heavy atom. The second-order valence-corrected chi connectivity index (χ2v) is 6.05. The van der Waals surface area contributed by atoms with Gasteiger partial charge in [-0.15, -0.1) is 0 Å². The average Bonchev–Trinajstić information content (AvgIpc) is 2.17. The lowest BCUT2D eigenvalue weighted by atomic mass is 10.2. The van der Waals surface area contributed by atoms with Crippen molar-refractivity contribution in [2.75, 3.05) is 20.6 Å².